The van der Waals surface area contributed by atoms with E-state index in [1.807, 2.05) is 23.2 Å². The highest BCUT2D eigenvalue weighted by molar-refractivity contribution is 5.77. The zero-order chi connectivity index (χ0) is 12.4. The minimum atomic E-state index is 0.00183. The van der Waals surface area contributed by atoms with Gasteiger partial charge in [-0.15, -0.1) is 0 Å². The van der Waals surface area contributed by atoms with E-state index in [4.69, 9.17) is 4.74 Å². The van der Waals surface area contributed by atoms with Gasteiger partial charge in [-0.1, -0.05) is 0 Å². The number of nitrogens with one attached hydrogen (secondary N) is 3. The maximum atomic E-state index is 11.9. The molecule has 0 bridgehead atoms. The molecule has 98 valence electrons. The minimum Gasteiger partial charge on any atom is -0.378 e. The molecule has 0 spiro atoms. The van der Waals surface area contributed by atoms with Crippen LogP contribution < -0.4 is 10.6 Å². The molecule has 1 aromatic heterocycles. The van der Waals surface area contributed by atoms with Gasteiger partial charge in [0.25, 0.3) is 0 Å². The van der Waals surface area contributed by atoms with Crippen molar-refractivity contribution < 1.29 is 9.53 Å². The maximum Gasteiger partial charge on any atom is 0.318 e. The van der Waals surface area contributed by atoms with Crippen LogP contribution in [0.4, 0.5) is 4.79 Å². The molecule has 6 nitrogen and oxygen atoms in total. The Morgan fingerprint density at radius 3 is 3.17 bits per heavy atom. The van der Waals surface area contributed by atoms with Crippen LogP contribution in [0.3, 0.4) is 0 Å². The van der Waals surface area contributed by atoms with Crippen LogP contribution in [-0.4, -0.2) is 54.8 Å². The van der Waals surface area contributed by atoms with Gasteiger partial charge in [0.2, 0.25) is 0 Å². The van der Waals surface area contributed by atoms with E-state index in [-0.39, 0.29) is 18.1 Å². The fourth-order valence-electron chi connectivity index (χ4n) is 2.49. The van der Waals surface area contributed by atoms with E-state index in [1.165, 1.54) is 0 Å². The molecule has 2 saturated heterocycles. The standard InChI is InChI=1S/C12H18N4O2/c17-12-15-11(10-2-1-3-14-10)7-16(12)6-9-8-18-5-4-13-9/h1-3,9,11,13-14H,4-8H2,(H,15,17). The van der Waals surface area contributed by atoms with Gasteiger partial charge in [-0.05, 0) is 12.1 Å². The molecule has 2 unspecified atom stereocenters. The Bertz CT molecular complexity index is 400. The van der Waals surface area contributed by atoms with E-state index < -0.39 is 0 Å². The van der Waals surface area contributed by atoms with Crippen molar-refractivity contribution in [2.45, 2.75) is 12.1 Å². The average Bonchev–Trinajstić information content (AvgIpc) is 3.01. The lowest BCUT2D eigenvalue weighted by Gasteiger charge is -2.27. The molecule has 1 aromatic rings. The zero-order valence-electron chi connectivity index (χ0n) is 10.2. The summed E-state index contributed by atoms with van der Waals surface area (Å²) in [7, 11) is 0. The van der Waals surface area contributed by atoms with Crippen LogP contribution in [0.2, 0.25) is 0 Å². The van der Waals surface area contributed by atoms with Crippen LogP contribution in [0.25, 0.3) is 0 Å². The fourth-order valence-corrected chi connectivity index (χ4v) is 2.49. The van der Waals surface area contributed by atoms with Crippen LogP contribution in [0.15, 0.2) is 18.3 Å². The summed E-state index contributed by atoms with van der Waals surface area (Å²) in [6.45, 7) is 3.70. The van der Waals surface area contributed by atoms with Crippen molar-refractivity contribution in [3.8, 4) is 0 Å². The molecule has 0 saturated carbocycles. The van der Waals surface area contributed by atoms with E-state index in [0.717, 1.165) is 18.8 Å². The van der Waals surface area contributed by atoms with E-state index in [9.17, 15) is 4.79 Å². The molecule has 3 N–H and O–H groups in total. The third-order valence-corrected chi connectivity index (χ3v) is 3.42. The SMILES string of the molecule is O=C1NC(c2ccc[nH]2)CN1CC1COCCN1. The van der Waals surface area contributed by atoms with Crippen molar-refractivity contribution in [3.05, 3.63) is 24.0 Å². The summed E-state index contributed by atoms with van der Waals surface area (Å²) < 4.78 is 5.40. The Morgan fingerprint density at radius 1 is 1.50 bits per heavy atom. The molecule has 2 aliphatic heterocycles. The summed E-state index contributed by atoms with van der Waals surface area (Å²) in [6.07, 6.45) is 1.88. The average molecular weight is 250 g/mol. The number of carbonyl (C=O) groups excluding carboxylic acids is 1. The highest BCUT2D eigenvalue weighted by atomic mass is 16.5. The number of morpholine rings is 1. The lowest BCUT2D eigenvalue weighted by Crippen LogP contribution is -2.49. The number of hydrogen-bond donors (Lipinski definition) is 3. The normalized spacial score (nSPS) is 28.4. The Kier molecular flexibility index (Phi) is 3.21. The molecule has 3 rings (SSSR count). The van der Waals surface area contributed by atoms with Crippen LogP contribution in [0, 0.1) is 0 Å². The first-order chi connectivity index (χ1) is 8.83. The highest BCUT2D eigenvalue weighted by Crippen LogP contribution is 2.18. The van der Waals surface area contributed by atoms with Gasteiger partial charge >= 0.3 is 6.03 Å². The second-order valence-corrected chi connectivity index (χ2v) is 4.76. The van der Waals surface area contributed by atoms with Crippen molar-refractivity contribution in [2.75, 3.05) is 32.8 Å². The summed E-state index contributed by atoms with van der Waals surface area (Å²) in [6, 6.07) is 4.25. The van der Waals surface area contributed by atoms with Crippen molar-refractivity contribution >= 4 is 6.03 Å². The summed E-state index contributed by atoms with van der Waals surface area (Å²) in [4.78, 5) is 16.9. The highest BCUT2D eigenvalue weighted by Gasteiger charge is 2.31. The monoisotopic (exact) mass is 250 g/mol. The van der Waals surface area contributed by atoms with E-state index >= 15 is 0 Å². The summed E-state index contributed by atoms with van der Waals surface area (Å²) in [5.41, 5.74) is 1.05. The van der Waals surface area contributed by atoms with Crippen LogP contribution in [0.1, 0.15) is 11.7 Å². The number of ether oxygens (including phenoxy) is 1. The number of amides is 2. The Balaban J connectivity index is 1.58. The maximum absolute atomic E-state index is 11.9. The molecule has 3 heterocycles. The van der Waals surface area contributed by atoms with Crippen molar-refractivity contribution in [1.82, 2.24) is 20.5 Å². The Hall–Kier alpha value is -1.53. The number of nitrogens with zero attached hydrogens (tertiary/aromatic N) is 1. The number of rotatable bonds is 3. The molecule has 0 radical (unpaired) electrons. The van der Waals surface area contributed by atoms with E-state index in [2.05, 4.69) is 15.6 Å². The fraction of sp³-hybridized carbons (Fsp3) is 0.583. The van der Waals surface area contributed by atoms with Crippen molar-refractivity contribution in [2.24, 2.45) is 0 Å². The van der Waals surface area contributed by atoms with Crippen molar-refractivity contribution in [3.63, 3.8) is 0 Å². The third-order valence-electron chi connectivity index (χ3n) is 3.42. The molecule has 2 amide bonds. The number of urea groups is 1. The van der Waals surface area contributed by atoms with Gasteiger partial charge in [-0.2, -0.15) is 0 Å². The lowest BCUT2D eigenvalue weighted by molar-refractivity contribution is 0.0679. The Morgan fingerprint density at radius 2 is 2.44 bits per heavy atom. The number of carbonyl (C=O) groups is 1. The molecule has 2 fully saturated rings. The number of aromatic nitrogens is 1. The smallest absolute Gasteiger partial charge is 0.318 e. The van der Waals surface area contributed by atoms with Gasteiger partial charge < -0.3 is 25.3 Å². The van der Waals surface area contributed by atoms with Gasteiger partial charge in [-0.25, -0.2) is 4.79 Å². The molecular formula is C12H18N4O2. The first-order valence-corrected chi connectivity index (χ1v) is 6.33. The summed E-state index contributed by atoms with van der Waals surface area (Å²) in [5.74, 6) is 0. The largest absolute Gasteiger partial charge is 0.378 e. The number of H-pyrrole nitrogens is 1. The topological polar surface area (TPSA) is 69.4 Å². The van der Waals surface area contributed by atoms with E-state index in [1.54, 1.807) is 0 Å². The summed E-state index contributed by atoms with van der Waals surface area (Å²) in [5, 5.41) is 6.34. The predicted octanol–water partition coefficient (Wildman–Crippen LogP) is 0.0694. The molecule has 18 heavy (non-hydrogen) atoms. The molecular weight excluding hydrogens is 232 g/mol. The number of hydrogen-bond acceptors (Lipinski definition) is 3. The zero-order valence-corrected chi connectivity index (χ0v) is 10.2. The molecule has 0 aliphatic carbocycles. The van der Waals surface area contributed by atoms with Gasteiger partial charge in [0.1, 0.15) is 0 Å². The van der Waals surface area contributed by atoms with Gasteiger partial charge in [0.15, 0.2) is 0 Å². The van der Waals surface area contributed by atoms with Crippen molar-refractivity contribution in [1.29, 1.82) is 0 Å². The van der Waals surface area contributed by atoms with Crippen LogP contribution in [0.5, 0.6) is 0 Å². The van der Waals surface area contributed by atoms with Gasteiger partial charge in [0, 0.05) is 37.6 Å². The summed E-state index contributed by atoms with van der Waals surface area (Å²) >= 11 is 0. The van der Waals surface area contributed by atoms with Gasteiger partial charge in [0.05, 0.1) is 19.3 Å². The minimum absolute atomic E-state index is 0.00183. The van der Waals surface area contributed by atoms with E-state index in [0.29, 0.717) is 19.7 Å². The van der Waals surface area contributed by atoms with Gasteiger partial charge in [-0.3, -0.25) is 0 Å². The first-order valence-electron chi connectivity index (χ1n) is 6.33. The first kappa shape index (κ1) is 11.6. The molecule has 2 atom stereocenters. The molecule has 2 aliphatic rings. The van der Waals surface area contributed by atoms with Crippen LogP contribution >= 0.6 is 0 Å². The predicted molar refractivity (Wildman–Crippen MR) is 66.2 cm³/mol. The quantitative estimate of drug-likeness (QED) is 0.711. The number of aromatic amines is 1. The van der Waals surface area contributed by atoms with Crippen LogP contribution in [-0.2, 0) is 4.74 Å². The Labute approximate surface area is 106 Å². The molecule has 0 aromatic carbocycles. The lowest BCUT2D eigenvalue weighted by atomic mass is 10.2. The molecule has 6 heteroatoms. The third kappa shape index (κ3) is 2.34. The second-order valence-electron chi connectivity index (χ2n) is 4.76. The second kappa shape index (κ2) is 4.99.